The average molecular weight is 307 g/mol. The standard InChI is InChI=1S/C16H21NO3S/c18-15(20-12-13-4-2-1-3-5-13)17-11-14(21)10-16(17)6-8-19-9-7-16/h1-5,14,21H,6-12H2. The van der Waals surface area contributed by atoms with Gasteiger partial charge in [0.15, 0.2) is 0 Å². The highest BCUT2D eigenvalue weighted by Crippen LogP contribution is 2.40. The first-order valence-electron chi connectivity index (χ1n) is 7.44. The number of likely N-dealkylation sites (tertiary alicyclic amines) is 1. The van der Waals surface area contributed by atoms with Gasteiger partial charge >= 0.3 is 6.09 Å². The first kappa shape index (κ1) is 14.7. The zero-order valence-corrected chi connectivity index (χ0v) is 12.9. The van der Waals surface area contributed by atoms with Gasteiger partial charge in [-0.1, -0.05) is 30.3 Å². The molecule has 5 heteroatoms. The molecule has 0 aliphatic carbocycles. The van der Waals surface area contributed by atoms with Crippen LogP contribution in [0.25, 0.3) is 0 Å². The fraction of sp³-hybridized carbons (Fsp3) is 0.562. The molecule has 0 aromatic heterocycles. The van der Waals surface area contributed by atoms with E-state index in [9.17, 15) is 4.79 Å². The molecule has 1 amide bonds. The van der Waals surface area contributed by atoms with Crippen LogP contribution in [-0.4, -0.2) is 41.5 Å². The summed E-state index contributed by atoms with van der Waals surface area (Å²) in [5, 5.41) is 0.229. The number of hydrogen-bond donors (Lipinski definition) is 1. The molecule has 1 aromatic rings. The second kappa shape index (κ2) is 6.28. The lowest BCUT2D eigenvalue weighted by molar-refractivity contribution is -0.0102. The van der Waals surface area contributed by atoms with Gasteiger partial charge in [-0.3, -0.25) is 0 Å². The first-order valence-corrected chi connectivity index (χ1v) is 7.95. The van der Waals surface area contributed by atoms with Crippen molar-refractivity contribution < 1.29 is 14.3 Å². The number of carbonyl (C=O) groups is 1. The Morgan fingerprint density at radius 2 is 2.05 bits per heavy atom. The molecule has 2 fully saturated rings. The quantitative estimate of drug-likeness (QED) is 0.854. The minimum absolute atomic E-state index is 0.113. The fourth-order valence-corrected chi connectivity index (χ4v) is 3.81. The molecule has 4 nitrogen and oxygen atoms in total. The summed E-state index contributed by atoms with van der Waals surface area (Å²) in [5.74, 6) is 0. The van der Waals surface area contributed by atoms with Crippen LogP contribution in [0.4, 0.5) is 4.79 Å². The van der Waals surface area contributed by atoms with Crippen LogP contribution < -0.4 is 0 Å². The molecular weight excluding hydrogens is 286 g/mol. The lowest BCUT2D eigenvalue weighted by atomic mass is 9.87. The Balaban J connectivity index is 1.65. The zero-order chi connectivity index (χ0) is 14.7. The number of hydrogen-bond acceptors (Lipinski definition) is 4. The van der Waals surface area contributed by atoms with Crippen molar-refractivity contribution in [1.29, 1.82) is 0 Å². The van der Waals surface area contributed by atoms with Gasteiger partial charge in [0.25, 0.3) is 0 Å². The molecule has 1 unspecified atom stereocenters. The molecule has 0 N–H and O–H groups in total. The molecule has 0 saturated carbocycles. The van der Waals surface area contributed by atoms with Crippen molar-refractivity contribution in [2.45, 2.75) is 36.7 Å². The van der Waals surface area contributed by atoms with E-state index in [1.165, 1.54) is 0 Å². The van der Waals surface area contributed by atoms with Gasteiger partial charge in [0.2, 0.25) is 0 Å². The van der Waals surface area contributed by atoms with E-state index in [-0.39, 0.29) is 16.9 Å². The van der Waals surface area contributed by atoms with Crippen LogP contribution in [-0.2, 0) is 16.1 Å². The number of amides is 1. The number of carbonyl (C=O) groups excluding carboxylic acids is 1. The lowest BCUT2D eigenvalue weighted by Crippen LogP contribution is -2.50. The van der Waals surface area contributed by atoms with Crippen molar-refractivity contribution in [1.82, 2.24) is 4.90 Å². The minimum atomic E-state index is -0.225. The van der Waals surface area contributed by atoms with E-state index < -0.39 is 0 Å². The third-order valence-electron chi connectivity index (χ3n) is 4.43. The highest BCUT2D eigenvalue weighted by Gasteiger charge is 2.48. The molecule has 3 rings (SSSR count). The second-order valence-electron chi connectivity index (χ2n) is 5.85. The number of ether oxygens (including phenoxy) is 2. The van der Waals surface area contributed by atoms with Crippen LogP contribution in [0.2, 0.25) is 0 Å². The molecular formula is C16H21NO3S. The summed E-state index contributed by atoms with van der Waals surface area (Å²) in [4.78, 5) is 14.4. The van der Waals surface area contributed by atoms with Crippen molar-refractivity contribution in [2.24, 2.45) is 0 Å². The van der Waals surface area contributed by atoms with E-state index in [1.807, 2.05) is 35.2 Å². The zero-order valence-electron chi connectivity index (χ0n) is 12.0. The number of benzene rings is 1. The van der Waals surface area contributed by atoms with Crippen LogP contribution in [0.15, 0.2) is 30.3 Å². The topological polar surface area (TPSA) is 38.8 Å². The summed E-state index contributed by atoms with van der Waals surface area (Å²) in [6, 6.07) is 9.77. The Hall–Kier alpha value is -1.20. The summed E-state index contributed by atoms with van der Waals surface area (Å²) in [7, 11) is 0. The van der Waals surface area contributed by atoms with Gasteiger partial charge in [0, 0.05) is 25.0 Å². The lowest BCUT2D eigenvalue weighted by Gasteiger charge is -2.40. The van der Waals surface area contributed by atoms with Crippen LogP contribution in [0.5, 0.6) is 0 Å². The minimum Gasteiger partial charge on any atom is -0.445 e. The van der Waals surface area contributed by atoms with Crippen LogP contribution in [0, 0.1) is 0 Å². The van der Waals surface area contributed by atoms with Crippen LogP contribution >= 0.6 is 12.6 Å². The van der Waals surface area contributed by atoms with Gasteiger partial charge < -0.3 is 14.4 Å². The largest absolute Gasteiger partial charge is 0.445 e. The normalized spacial score (nSPS) is 24.2. The Labute approximate surface area is 130 Å². The van der Waals surface area contributed by atoms with Gasteiger partial charge in [-0.25, -0.2) is 4.79 Å². The van der Waals surface area contributed by atoms with Crippen molar-refractivity contribution in [2.75, 3.05) is 19.8 Å². The SMILES string of the molecule is O=C(OCc1ccccc1)N1CC(S)CC12CCOCC2. The Morgan fingerprint density at radius 3 is 2.76 bits per heavy atom. The third-order valence-corrected chi connectivity index (χ3v) is 4.78. The van der Waals surface area contributed by atoms with Crippen molar-refractivity contribution in [3.05, 3.63) is 35.9 Å². The number of nitrogens with zero attached hydrogens (tertiary/aromatic N) is 1. The summed E-state index contributed by atoms with van der Waals surface area (Å²) in [5.41, 5.74) is 0.895. The molecule has 1 spiro atoms. The van der Waals surface area contributed by atoms with Crippen molar-refractivity contribution in [3.8, 4) is 0 Å². The van der Waals surface area contributed by atoms with E-state index in [1.54, 1.807) is 0 Å². The Bertz CT molecular complexity index is 488. The van der Waals surface area contributed by atoms with Crippen LogP contribution in [0.1, 0.15) is 24.8 Å². The predicted molar refractivity (Wildman–Crippen MR) is 83.5 cm³/mol. The first-order chi connectivity index (χ1) is 10.2. The summed E-state index contributed by atoms with van der Waals surface area (Å²) in [6.45, 7) is 2.41. The van der Waals surface area contributed by atoms with Crippen LogP contribution in [0.3, 0.4) is 0 Å². The molecule has 2 saturated heterocycles. The predicted octanol–water partition coefficient (Wildman–Crippen LogP) is 2.88. The maximum absolute atomic E-state index is 12.5. The number of thiol groups is 1. The molecule has 2 heterocycles. The third kappa shape index (κ3) is 3.19. The van der Waals surface area contributed by atoms with E-state index in [2.05, 4.69) is 12.6 Å². The number of rotatable bonds is 2. The van der Waals surface area contributed by atoms with Gasteiger partial charge in [-0.05, 0) is 24.8 Å². The molecule has 114 valence electrons. The maximum Gasteiger partial charge on any atom is 0.410 e. The van der Waals surface area contributed by atoms with Crippen molar-refractivity contribution >= 4 is 18.7 Å². The van der Waals surface area contributed by atoms with E-state index >= 15 is 0 Å². The fourth-order valence-electron chi connectivity index (χ4n) is 3.31. The summed E-state index contributed by atoms with van der Waals surface area (Å²) >= 11 is 4.58. The highest BCUT2D eigenvalue weighted by molar-refractivity contribution is 7.81. The van der Waals surface area contributed by atoms with Crippen molar-refractivity contribution in [3.63, 3.8) is 0 Å². The molecule has 0 radical (unpaired) electrons. The molecule has 1 aromatic carbocycles. The molecule has 21 heavy (non-hydrogen) atoms. The Kier molecular flexibility index (Phi) is 4.40. The average Bonchev–Trinajstić information content (AvgIpc) is 2.82. The molecule has 0 bridgehead atoms. The van der Waals surface area contributed by atoms with E-state index in [4.69, 9.17) is 9.47 Å². The summed E-state index contributed by atoms with van der Waals surface area (Å²) in [6.07, 6.45) is 2.46. The van der Waals surface area contributed by atoms with Gasteiger partial charge in [0.05, 0.1) is 5.54 Å². The molecule has 2 aliphatic rings. The van der Waals surface area contributed by atoms with Gasteiger partial charge in [0.1, 0.15) is 6.61 Å². The van der Waals surface area contributed by atoms with Gasteiger partial charge in [-0.15, -0.1) is 0 Å². The highest BCUT2D eigenvalue weighted by atomic mass is 32.1. The summed E-state index contributed by atoms with van der Waals surface area (Å²) < 4.78 is 10.9. The second-order valence-corrected chi connectivity index (χ2v) is 6.58. The monoisotopic (exact) mass is 307 g/mol. The maximum atomic E-state index is 12.5. The van der Waals surface area contributed by atoms with E-state index in [0.717, 1.165) is 24.8 Å². The Morgan fingerprint density at radius 1 is 1.33 bits per heavy atom. The molecule has 2 aliphatic heterocycles. The molecule has 1 atom stereocenters. The van der Waals surface area contributed by atoms with Gasteiger partial charge in [-0.2, -0.15) is 12.6 Å². The van der Waals surface area contributed by atoms with E-state index in [0.29, 0.717) is 26.4 Å². The smallest absolute Gasteiger partial charge is 0.410 e.